The third-order valence-electron chi connectivity index (χ3n) is 11.3. The van der Waals surface area contributed by atoms with Gasteiger partial charge in [-0.25, -0.2) is 9.98 Å². The van der Waals surface area contributed by atoms with E-state index in [9.17, 15) is 0 Å². The lowest BCUT2D eigenvalue weighted by Gasteiger charge is -2.23. The van der Waals surface area contributed by atoms with Crippen LogP contribution in [0.3, 0.4) is 0 Å². The number of amidine groups is 2. The number of fused-ring (bicyclic) bond motifs is 10. The molecule has 1 aliphatic heterocycles. The predicted octanol–water partition coefficient (Wildman–Crippen LogP) is 13.1. The molecule has 5 nitrogen and oxygen atoms in total. The van der Waals surface area contributed by atoms with Crippen molar-refractivity contribution < 1.29 is 8.83 Å². The topological polar surface area (TPSA) is 63.0 Å². The molecule has 12 rings (SSSR count). The summed E-state index contributed by atoms with van der Waals surface area (Å²) in [6, 6.07) is 61.4. The van der Waals surface area contributed by atoms with E-state index in [1.807, 2.05) is 42.5 Å². The highest BCUT2D eigenvalue weighted by molar-refractivity contribution is 6.23. The molecule has 56 heavy (non-hydrogen) atoms. The van der Waals surface area contributed by atoms with Gasteiger partial charge in [-0.1, -0.05) is 146 Å². The molecule has 0 aliphatic carbocycles. The molecular weight excluding hydrogens is 687 g/mol. The number of hydrogen-bond donors (Lipinski definition) is 1. The maximum atomic E-state index is 6.90. The highest BCUT2D eigenvalue weighted by atomic mass is 16.3. The second-order valence-electron chi connectivity index (χ2n) is 14.5. The van der Waals surface area contributed by atoms with E-state index in [4.69, 9.17) is 18.8 Å². The molecule has 0 saturated heterocycles. The molecule has 262 valence electrons. The van der Waals surface area contributed by atoms with Crippen molar-refractivity contribution in [3.05, 3.63) is 193 Å². The zero-order chi connectivity index (χ0) is 36.7. The maximum absolute atomic E-state index is 6.90. The molecule has 5 heteroatoms. The molecule has 0 fully saturated rings. The molecule has 1 unspecified atom stereocenters. The fourth-order valence-corrected chi connectivity index (χ4v) is 8.68. The molecule has 0 bridgehead atoms. The van der Waals surface area contributed by atoms with Crippen LogP contribution in [0.1, 0.15) is 22.9 Å². The van der Waals surface area contributed by atoms with Gasteiger partial charge in [-0.2, -0.15) is 0 Å². The summed E-state index contributed by atoms with van der Waals surface area (Å²) in [5, 5.41) is 14.8. The van der Waals surface area contributed by atoms with Gasteiger partial charge in [0.1, 0.15) is 34.0 Å². The van der Waals surface area contributed by atoms with Crippen molar-refractivity contribution in [3.63, 3.8) is 0 Å². The minimum absolute atomic E-state index is 0.555. The van der Waals surface area contributed by atoms with E-state index in [1.165, 1.54) is 21.5 Å². The van der Waals surface area contributed by atoms with Crippen LogP contribution in [-0.2, 0) is 0 Å². The first-order valence-corrected chi connectivity index (χ1v) is 18.9. The van der Waals surface area contributed by atoms with Crippen LogP contribution < -0.4 is 5.32 Å². The molecule has 2 aromatic heterocycles. The lowest BCUT2D eigenvalue weighted by atomic mass is 9.92. The van der Waals surface area contributed by atoms with Crippen molar-refractivity contribution in [3.8, 4) is 11.1 Å². The summed E-state index contributed by atoms with van der Waals surface area (Å²) in [5.74, 6) is 1.53. The number of furan rings is 2. The van der Waals surface area contributed by atoms with Gasteiger partial charge in [0, 0.05) is 49.4 Å². The Morgan fingerprint density at radius 3 is 1.84 bits per heavy atom. The summed E-state index contributed by atoms with van der Waals surface area (Å²) in [7, 11) is 0. The number of aliphatic imine (C=N–C) groups is 2. The van der Waals surface area contributed by atoms with E-state index >= 15 is 0 Å². The number of nitrogens with zero attached hydrogens (tertiary/aromatic N) is 2. The third kappa shape index (κ3) is 4.67. The summed E-state index contributed by atoms with van der Waals surface area (Å²) in [6.45, 7) is 0. The normalized spacial score (nSPS) is 14.6. The summed E-state index contributed by atoms with van der Waals surface area (Å²) in [5.41, 5.74) is 8.22. The summed E-state index contributed by atoms with van der Waals surface area (Å²) >= 11 is 0. The molecule has 1 atom stereocenters. The van der Waals surface area contributed by atoms with Crippen molar-refractivity contribution in [2.45, 2.75) is 6.17 Å². The Bertz CT molecular complexity index is 3460. The number of rotatable bonds is 4. The van der Waals surface area contributed by atoms with Crippen LogP contribution in [0.15, 0.2) is 195 Å². The van der Waals surface area contributed by atoms with Gasteiger partial charge in [0.2, 0.25) is 0 Å². The Hall–Kier alpha value is -7.50. The summed E-state index contributed by atoms with van der Waals surface area (Å²) in [6.07, 6.45) is -0.555. The van der Waals surface area contributed by atoms with Gasteiger partial charge in [-0.15, -0.1) is 0 Å². The molecule has 0 spiro atoms. The first kappa shape index (κ1) is 30.9. The molecule has 3 heterocycles. The average Bonchev–Trinajstić information content (AvgIpc) is 3.84. The molecule has 0 amide bonds. The molecule has 9 aromatic carbocycles. The Kier molecular flexibility index (Phi) is 6.63. The largest absolute Gasteiger partial charge is 0.455 e. The first-order chi connectivity index (χ1) is 27.7. The molecule has 0 radical (unpaired) electrons. The highest BCUT2D eigenvalue weighted by Gasteiger charge is 2.27. The average molecular weight is 718 g/mol. The first-order valence-electron chi connectivity index (χ1n) is 18.9. The Morgan fingerprint density at radius 2 is 1.02 bits per heavy atom. The van der Waals surface area contributed by atoms with Crippen molar-refractivity contribution in [2.24, 2.45) is 9.98 Å². The Labute approximate surface area is 320 Å². The van der Waals surface area contributed by atoms with E-state index in [2.05, 4.69) is 139 Å². The number of benzene rings is 9. The van der Waals surface area contributed by atoms with E-state index in [0.717, 1.165) is 94.1 Å². The van der Waals surface area contributed by atoms with E-state index in [1.54, 1.807) is 0 Å². The smallest absolute Gasteiger partial charge is 0.170 e. The number of nitrogens with one attached hydrogen (secondary N) is 1. The molecule has 0 saturated carbocycles. The summed E-state index contributed by atoms with van der Waals surface area (Å²) < 4.78 is 13.6. The predicted molar refractivity (Wildman–Crippen MR) is 231 cm³/mol. The zero-order valence-corrected chi connectivity index (χ0v) is 30.0. The van der Waals surface area contributed by atoms with Crippen LogP contribution in [-0.4, -0.2) is 11.7 Å². The lowest BCUT2D eigenvalue weighted by molar-refractivity contribution is 0.664. The highest BCUT2D eigenvalue weighted by Crippen LogP contribution is 2.47. The van der Waals surface area contributed by atoms with E-state index in [0.29, 0.717) is 0 Å². The fourth-order valence-electron chi connectivity index (χ4n) is 8.68. The molecule has 11 aromatic rings. The van der Waals surface area contributed by atoms with Crippen LogP contribution in [0.25, 0.3) is 87.3 Å². The Balaban J connectivity index is 1.12. The molecular formula is C51H31N3O2. The summed E-state index contributed by atoms with van der Waals surface area (Å²) in [4.78, 5) is 10.7. The van der Waals surface area contributed by atoms with Crippen molar-refractivity contribution in [1.82, 2.24) is 5.32 Å². The van der Waals surface area contributed by atoms with Crippen LogP contribution in [0.5, 0.6) is 0 Å². The van der Waals surface area contributed by atoms with Gasteiger partial charge in [-0.05, 0) is 62.6 Å². The molecule has 1 N–H and O–H groups in total. The second kappa shape index (κ2) is 12.0. The van der Waals surface area contributed by atoms with E-state index < -0.39 is 6.17 Å². The van der Waals surface area contributed by atoms with Crippen LogP contribution in [0.2, 0.25) is 0 Å². The van der Waals surface area contributed by atoms with Crippen molar-refractivity contribution >= 4 is 87.9 Å². The van der Waals surface area contributed by atoms with Crippen LogP contribution >= 0.6 is 0 Å². The number of hydrogen-bond acceptors (Lipinski definition) is 5. The van der Waals surface area contributed by atoms with Gasteiger partial charge in [0.15, 0.2) is 6.17 Å². The van der Waals surface area contributed by atoms with Gasteiger partial charge in [0.25, 0.3) is 0 Å². The maximum Gasteiger partial charge on any atom is 0.170 e. The zero-order valence-electron chi connectivity index (χ0n) is 30.0. The third-order valence-corrected chi connectivity index (χ3v) is 11.3. The Morgan fingerprint density at radius 1 is 0.411 bits per heavy atom. The van der Waals surface area contributed by atoms with E-state index in [-0.39, 0.29) is 0 Å². The van der Waals surface area contributed by atoms with Crippen molar-refractivity contribution in [1.29, 1.82) is 0 Å². The fraction of sp³-hybridized carbons (Fsp3) is 0.0196. The SMILES string of the molecule is c1ccc(C2=NC(c3ccc(-c4c5ccccc5cc5c4oc4ccccc45)c4oc5ccccc5c34)N=C(c3ccc4ccc5ccccc5c4c3)N2)cc1. The minimum atomic E-state index is -0.555. The monoisotopic (exact) mass is 717 g/mol. The quantitative estimate of drug-likeness (QED) is 0.184. The minimum Gasteiger partial charge on any atom is -0.455 e. The second-order valence-corrected chi connectivity index (χ2v) is 14.5. The number of para-hydroxylation sites is 2. The van der Waals surface area contributed by atoms with Gasteiger partial charge in [0.05, 0.1) is 0 Å². The van der Waals surface area contributed by atoms with Crippen molar-refractivity contribution in [2.75, 3.05) is 0 Å². The van der Waals surface area contributed by atoms with Gasteiger partial charge < -0.3 is 14.2 Å². The standard InChI is InChI=1S/C51H31N3O2/c1-2-13-32(14-3-1)49-52-50(34-25-24-31-23-22-30-12-4-6-16-35(30)41(31)29-34)54-51(53-49)40-27-26-39(47-46(40)38-19-9-11-21-44(38)56-47)45-36-17-7-5-15-33(36)28-42-37-18-8-10-20-43(37)55-48(42)45/h1-29,51H,(H,52,53,54). The van der Waals surface area contributed by atoms with Gasteiger partial charge in [-0.3, -0.25) is 0 Å². The molecule has 1 aliphatic rings. The van der Waals surface area contributed by atoms with Crippen LogP contribution in [0.4, 0.5) is 0 Å². The van der Waals surface area contributed by atoms with Gasteiger partial charge >= 0.3 is 0 Å². The van der Waals surface area contributed by atoms with Crippen LogP contribution in [0, 0.1) is 0 Å². The lowest BCUT2D eigenvalue weighted by Crippen LogP contribution is -2.36.